The van der Waals surface area contributed by atoms with Crippen molar-refractivity contribution in [3.63, 3.8) is 0 Å². The Labute approximate surface area is 98.3 Å². The zero-order valence-electron chi connectivity index (χ0n) is 10.7. The number of nitrogens with one attached hydrogen (secondary N) is 1. The van der Waals surface area contributed by atoms with Gasteiger partial charge in [-0.1, -0.05) is 19.3 Å². The molecule has 1 heterocycles. The van der Waals surface area contributed by atoms with Crippen LogP contribution in [-0.4, -0.2) is 16.6 Å². The van der Waals surface area contributed by atoms with Gasteiger partial charge >= 0.3 is 0 Å². The van der Waals surface area contributed by atoms with E-state index in [1.165, 1.54) is 43.5 Å². The highest BCUT2D eigenvalue weighted by atomic mass is 15.1. The van der Waals surface area contributed by atoms with E-state index in [1.807, 2.05) is 7.05 Å². The molecule has 3 nitrogen and oxygen atoms in total. The zero-order chi connectivity index (χ0) is 11.5. The van der Waals surface area contributed by atoms with Crippen molar-refractivity contribution in [2.75, 3.05) is 7.05 Å². The molecule has 3 heteroatoms. The van der Waals surface area contributed by atoms with Gasteiger partial charge in [0.25, 0.3) is 0 Å². The molecule has 1 N–H and O–H groups in total. The van der Waals surface area contributed by atoms with E-state index in [2.05, 4.69) is 23.9 Å². The number of hydrogen-bond acceptors (Lipinski definition) is 2. The van der Waals surface area contributed by atoms with Crippen LogP contribution in [-0.2, 0) is 13.6 Å². The van der Waals surface area contributed by atoms with E-state index in [0.717, 1.165) is 12.4 Å². The van der Waals surface area contributed by atoms with E-state index in [1.54, 1.807) is 0 Å². The van der Waals surface area contributed by atoms with Crippen LogP contribution < -0.4 is 5.32 Å². The molecule has 0 unspecified atom stereocenters. The summed E-state index contributed by atoms with van der Waals surface area (Å²) in [6.45, 7) is 3.04. The van der Waals surface area contributed by atoms with Gasteiger partial charge in [-0.3, -0.25) is 0 Å². The lowest BCUT2D eigenvalue weighted by Gasteiger charge is -2.21. The summed E-state index contributed by atoms with van der Waals surface area (Å²) in [7, 11) is 4.13. The van der Waals surface area contributed by atoms with Gasteiger partial charge in [-0.25, -0.2) is 4.98 Å². The van der Waals surface area contributed by atoms with Gasteiger partial charge in [0.1, 0.15) is 5.82 Å². The van der Waals surface area contributed by atoms with Crippen LogP contribution in [0.4, 0.5) is 0 Å². The highest BCUT2D eigenvalue weighted by Gasteiger charge is 2.22. The topological polar surface area (TPSA) is 29.9 Å². The van der Waals surface area contributed by atoms with Gasteiger partial charge < -0.3 is 9.88 Å². The third-order valence-electron chi connectivity index (χ3n) is 3.80. The largest absolute Gasteiger partial charge is 0.334 e. The Morgan fingerprint density at radius 2 is 2.00 bits per heavy atom. The number of rotatable bonds is 3. The van der Waals surface area contributed by atoms with Gasteiger partial charge in [0.2, 0.25) is 0 Å². The van der Waals surface area contributed by atoms with Crippen molar-refractivity contribution in [1.82, 2.24) is 14.9 Å². The molecule has 1 aliphatic rings. The smallest absolute Gasteiger partial charge is 0.105 e. The number of nitrogens with zero attached hydrogens (tertiary/aromatic N) is 2. The van der Waals surface area contributed by atoms with Crippen molar-refractivity contribution in [3.8, 4) is 0 Å². The summed E-state index contributed by atoms with van der Waals surface area (Å²) in [6, 6.07) is 0. The van der Waals surface area contributed by atoms with E-state index in [4.69, 9.17) is 4.98 Å². The van der Waals surface area contributed by atoms with Crippen molar-refractivity contribution in [1.29, 1.82) is 0 Å². The normalized spacial score (nSPS) is 17.9. The van der Waals surface area contributed by atoms with Crippen molar-refractivity contribution < 1.29 is 0 Å². The molecule has 0 radical (unpaired) electrons. The summed E-state index contributed by atoms with van der Waals surface area (Å²) in [5.74, 6) is 1.85. The quantitative estimate of drug-likeness (QED) is 0.850. The summed E-state index contributed by atoms with van der Waals surface area (Å²) in [4.78, 5) is 4.78. The zero-order valence-corrected chi connectivity index (χ0v) is 10.7. The van der Waals surface area contributed by atoms with Gasteiger partial charge in [0, 0.05) is 19.5 Å². The summed E-state index contributed by atoms with van der Waals surface area (Å²) in [6.07, 6.45) is 6.81. The van der Waals surface area contributed by atoms with Crippen molar-refractivity contribution >= 4 is 0 Å². The van der Waals surface area contributed by atoms with E-state index in [0.29, 0.717) is 5.92 Å². The second kappa shape index (κ2) is 5.00. The third-order valence-corrected chi connectivity index (χ3v) is 3.80. The molecule has 0 atom stereocenters. The molecule has 0 aliphatic heterocycles. The molecule has 0 amide bonds. The van der Waals surface area contributed by atoms with Gasteiger partial charge in [0.05, 0.1) is 11.4 Å². The summed E-state index contributed by atoms with van der Waals surface area (Å²) in [5.41, 5.74) is 2.74. The van der Waals surface area contributed by atoms with Crippen molar-refractivity contribution in [2.45, 2.75) is 51.5 Å². The molecule has 90 valence electrons. The van der Waals surface area contributed by atoms with Crippen LogP contribution in [0.2, 0.25) is 0 Å². The highest BCUT2D eigenvalue weighted by molar-refractivity contribution is 5.21. The third kappa shape index (κ3) is 2.14. The minimum Gasteiger partial charge on any atom is -0.334 e. The van der Waals surface area contributed by atoms with Crippen LogP contribution in [0.15, 0.2) is 0 Å². The molecule has 0 aromatic carbocycles. The Kier molecular flexibility index (Phi) is 3.64. The molecule has 0 saturated heterocycles. The average molecular weight is 221 g/mol. The van der Waals surface area contributed by atoms with Gasteiger partial charge in [-0.05, 0) is 26.8 Å². The van der Waals surface area contributed by atoms with Crippen LogP contribution in [0.3, 0.4) is 0 Å². The van der Waals surface area contributed by atoms with Crippen LogP contribution in [0.25, 0.3) is 0 Å². The molecule has 0 spiro atoms. The standard InChI is InChI=1S/C13H23N3/c1-10-15-13(11-7-5-4-6-8-11)12(9-14-2)16(10)3/h11,14H,4-9H2,1-3H3. The molecule has 2 rings (SSSR count). The molecule has 16 heavy (non-hydrogen) atoms. The minimum atomic E-state index is 0.706. The van der Waals surface area contributed by atoms with Gasteiger partial charge in [-0.2, -0.15) is 0 Å². The molecular weight excluding hydrogens is 198 g/mol. The lowest BCUT2D eigenvalue weighted by atomic mass is 9.86. The van der Waals surface area contributed by atoms with Crippen molar-refractivity contribution in [2.24, 2.45) is 7.05 Å². The molecule has 1 aromatic heterocycles. The first-order chi connectivity index (χ1) is 7.74. The first-order valence-corrected chi connectivity index (χ1v) is 6.40. The van der Waals surface area contributed by atoms with E-state index < -0.39 is 0 Å². The minimum absolute atomic E-state index is 0.706. The predicted octanol–water partition coefficient (Wildman–Crippen LogP) is 2.50. The number of imidazole rings is 1. The Morgan fingerprint density at radius 3 is 2.62 bits per heavy atom. The molecule has 1 saturated carbocycles. The summed E-state index contributed by atoms with van der Waals surface area (Å²) < 4.78 is 2.24. The fourth-order valence-electron chi connectivity index (χ4n) is 2.76. The maximum absolute atomic E-state index is 4.78. The monoisotopic (exact) mass is 221 g/mol. The number of aromatic nitrogens is 2. The molecule has 1 fully saturated rings. The number of aryl methyl sites for hydroxylation is 1. The van der Waals surface area contributed by atoms with E-state index in [9.17, 15) is 0 Å². The Hall–Kier alpha value is -0.830. The average Bonchev–Trinajstić information content (AvgIpc) is 2.59. The van der Waals surface area contributed by atoms with E-state index >= 15 is 0 Å². The maximum atomic E-state index is 4.78. The SMILES string of the molecule is CNCc1c(C2CCCCC2)nc(C)n1C. The second-order valence-corrected chi connectivity index (χ2v) is 4.92. The van der Waals surface area contributed by atoms with Gasteiger partial charge in [-0.15, -0.1) is 0 Å². The van der Waals surface area contributed by atoms with Gasteiger partial charge in [0.15, 0.2) is 0 Å². The van der Waals surface area contributed by atoms with Crippen LogP contribution >= 0.6 is 0 Å². The van der Waals surface area contributed by atoms with Crippen molar-refractivity contribution in [3.05, 3.63) is 17.2 Å². The molecular formula is C13H23N3. The lowest BCUT2D eigenvalue weighted by Crippen LogP contribution is -2.14. The summed E-state index contributed by atoms with van der Waals surface area (Å²) >= 11 is 0. The van der Waals surface area contributed by atoms with Crippen LogP contribution in [0, 0.1) is 6.92 Å². The Balaban J connectivity index is 2.27. The predicted molar refractivity (Wildman–Crippen MR) is 66.5 cm³/mol. The first kappa shape index (κ1) is 11.6. The van der Waals surface area contributed by atoms with E-state index in [-0.39, 0.29) is 0 Å². The first-order valence-electron chi connectivity index (χ1n) is 6.40. The maximum Gasteiger partial charge on any atom is 0.105 e. The fraction of sp³-hybridized carbons (Fsp3) is 0.769. The fourth-order valence-corrected chi connectivity index (χ4v) is 2.76. The van der Waals surface area contributed by atoms with Crippen LogP contribution in [0.5, 0.6) is 0 Å². The Bertz CT molecular complexity index is 348. The lowest BCUT2D eigenvalue weighted by molar-refractivity contribution is 0.434. The molecule has 1 aromatic rings. The Morgan fingerprint density at radius 1 is 1.31 bits per heavy atom. The summed E-state index contributed by atoms with van der Waals surface area (Å²) in [5, 5.41) is 3.26. The number of hydrogen-bond donors (Lipinski definition) is 1. The second-order valence-electron chi connectivity index (χ2n) is 4.92. The van der Waals surface area contributed by atoms with Crippen LogP contribution in [0.1, 0.15) is 55.2 Å². The molecule has 0 bridgehead atoms. The highest BCUT2D eigenvalue weighted by Crippen LogP contribution is 2.33. The molecule has 1 aliphatic carbocycles.